The van der Waals surface area contributed by atoms with Gasteiger partial charge in [0.15, 0.2) is 0 Å². The second kappa shape index (κ2) is 11.9. The Bertz CT molecular complexity index is 1310. The highest BCUT2D eigenvalue weighted by Crippen LogP contribution is 2.37. The van der Waals surface area contributed by atoms with Gasteiger partial charge in [-0.15, -0.1) is 11.8 Å². The van der Waals surface area contributed by atoms with E-state index in [0.29, 0.717) is 23.1 Å². The van der Waals surface area contributed by atoms with Crippen LogP contribution in [0, 0.1) is 5.82 Å². The quantitative estimate of drug-likeness (QED) is 0.273. The molecule has 1 aromatic heterocycles. The van der Waals surface area contributed by atoms with E-state index in [1.807, 2.05) is 6.07 Å². The van der Waals surface area contributed by atoms with Gasteiger partial charge in [-0.3, -0.25) is 0 Å². The normalized spacial score (nSPS) is 15.4. The summed E-state index contributed by atoms with van der Waals surface area (Å²) < 4.78 is 19.8. The molecule has 1 fully saturated rings. The molecule has 8 nitrogen and oxygen atoms in total. The summed E-state index contributed by atoms with van der Waals surface area (Å²) in [6.45, 7) is 7.03. The first-order valence-electron chi connectivity index (χ1n) is 13.5. The van der Waals surface area contributed by atoms with Crippen LogP contribution in [0.3, 0.4) is 0 Å². The number of nitrogens with zero attached hydrogens (tertiary/aromatic N) is 4. The third kappa shape index (κ3) is 6.33. The molecule has 0 bridgehead atoms. The fourth-order valence-electron chi connectivity index (χ4n) is 5.15. The van der Waals surface area contributed by atoms with Crippen molar-refractivity contribution in [1.82, 2.24) is 14.9 Å². The van der Waals surface area contributed by atoms with Crippen molar-refractivity contribution in [3.63, 3.8) is 0 Å². The first-order chi connectivity index (χ1) is 18.8. The minimum atomic E-state index is -0.252. The Morgan fingerprint density at radius 3 is 2.56 bits per heavy atom. The zero-order valence-electron chi connectivity index (χ0n) is 23.3. The third-order valence-electron chi connectivity index (χ3n) is 7.23. The van der Waals surface area contributed by atoms with Gasteiger partial charge in [-0.05, 0) is 63.7 Å². The molecular formula is C29H38FN7OS. The molecular weight excluding hydrogens is 513 g/mol. The van der Waals surface area contributed by atoms with Crippen LogP contribution >= 0.6 is 11.8 Å². The highest BCUT2D eigenvalue weighted by molar-refractivity contribution is 8.00. The summed E-state index contributed by atoms with van der Waals surface area (Å²) >= 11 is 1.62. The molecule has 0 aliphatic carbocycles. The van der Waals surface area contributed by atoms with Crippen molar-refractivity contribution in [1.29, 1.82) is 0 Å². The van der Waals surface area contributed by atoms with Crippen LogP contribution in [-0.4, -0.2) is 67.0 Å². The van der Waals surface area contributed by atoms with Crippen LogP contribution in [0.25, 0.3) is 0 Å². The predicted octanol–water partition coefficient (Wildman–Crippen LogP) is 6.11. The molecule has 208 valence electrons. The van der Waals surface area contributed by atoms with E-state index in [4.69, 9.17) is 14.7 Å². The smallest absolute Gasteiger partial charge is 0.231 e. The molecule has 0 spiro atoms. The molecule has 0 amide bonds. The maximum Gasteiger partial charge on any atom is 0.231 e. The second-order valence-corrected chi connectivity index (χ2v) is 12.1. The fraction of sp³-hybridized carbons (Fsp3) is 0.448. The van der Waals surface area contributed by atoms with Gasteiger partial charge in [0.05, 0.1) is 18.5 Å². The summed E-state index contributed by atoms with van der Waals surface area (Å²) in [6.07, 6.45) is 3.10. The van der Waals surface area contributed by atoms with Crippen LogP contribution in [0.4, 0.5) is 39.0 Å². The zero-order valence-corrected chi connectivity index (χ0v) is 24.2. The van der Waals surface area contributed by atoms with E-state index in [-0.39, 0.29) is 5.82 Å². The number of ether oxygens (including phenoxy) is 1. The lowest BCUT2D eigenvalue weighted by Gasteiger charge is -2.36. The Morgan fingerprint density at radius 1 is 1.08 bits per heavy atom. The van der Waals surface area contributed by atoms with Crippen molar-refractivity contribution < 1.29 is 9.13 Å². The summed E-state index contributed by atoms with van der Waals surface area (Å²) in [5.74, 6) is 2.46. The van der Waals surface area contributed by atoms with E-state index in [1.165, 1.54) is 6.07 Å². The van der Waals surface area contributed by atoms with Gasteiger partial charge in [0.1, 0.15) is 23.2 Å². The van der Waals surface area contributed by atoms with Crippen molar-refractivity contribution in [2.24, 2.45) is 0 Å². The van der Waals surface area contributed by atoms with Gasteiger partial charge in [-0.1, -0.05) is 13.8 Å². The van der Waals surface area contributed by atoms with Gasteiger partial charge in [-0.2, -0.15) is 9.97 Å². The number of benzene rings is 2. The Labute approximate surface area is 234 Å². The lowest BCUT2D eigenvalue weighted by atomic mass is 10.0. The minimum Gasteiger partial charge on any atom is -0.494 e. The zero-order chi connectivity index (χ0) is 27.5. The third-order valence-corrected chi connectivity index (χ3v) is 8.29. The lowest BCUT2D eigenvalue weighted by Crippen LogP contribution is -2.41. The summed E-state index contributed by atoms with van der Waals surface area (Å²) in [6, 6.07) is 11.7. The number of nitrogens with one attached hydrogen (secondary N) is 3. The van der Waals surface area contributed by atoms with Crippen LogP contribution in [0.1, 0.15) is 32.3 Å². The molecule has 5 rings (SSSR count). The molecule has 10 heteroatoms. The van der Waals surface area contributed by atoms with E-state index < -0.39 is 0 Å². The van der Waals surface area contributed by atoms with Crippen molar-refractivity contribution >= 4 is 46.4 Å². The number of thioether (sulfide) groups is 1. The molecule has 1 saturated heterocycles. The molecule has 2 aliphatic heterocycles. The maximum atomic E-state index is 14.0. The topological polar surface area (TPSA) is 77.6 Å². The van der Waals surface area contributed by atoms with E-state index in [2.05, 4.69) is 65.8 Å². The van der Waals surface area contributed by atoms with Gasteiger partial charge in [0, 0.05) is 53.1 Å². The Hall–Kier alpha value is -3.24. The van der Waals surface area contributed by atoms with Crippen LogP contribution in [0.15, 0.2) is 41.3 Å². The number of piperidine rings is 1. The summed E-state index contributed by atoms with van der Waals surface area (Å²) in [5, 5.41) is 10.5. The average molecular weight is 552 g/mol. The molecule has 3 aromatic rings. The second-order valence-electron chi connectivity index (χ2n) is 10.5. The minimum absolute atomic E-state index is 0.252. The van der Waals surface area contributed by atoms with Gasteiger partial charge in [0.2, 0.25) is 5.95 Å². The Balaban J connectivity index is 1.39. The highest BCUT2D eigenvalue weighted by atomic mass is 32.2. The number of anilines is 6. The van der Waals surface area contributed by atoms with Gasteiger partial charge >= 0.3 is 0 Å². The molecule has 0 radical (unpaired) electrons. The van der Waals surface area contributed by atoms with Crippen molar-refractivity contribution in [2.45, 2.75) is 49.3 Å². The molecule has 0 saturated carbocycles. The molecule has 3 N–H and O–H groups in total. The maximum absolute atomic E-state index is 14.0. The van der Waals surface area contributed by atoms with Crippen molar-refractivity contribution in [3.8, 4) is 5.75 Å². The first kappa shape index (κ1) is 27.3. The van der Waals surface area contributed by atoms with Crippen LogP contribution in [-0.2, 0) is 6.42 Å². The Kier molecular flexibility index (Phi) is 8.32. The monoisotopic (exact) mass is 551 g/mol. The number of hydrogen-bond donors (Lipinski definition) is 3. The largest absolute Gasteiger partial charge is 0.494 e. The molecule has 0 atom stereocenters. The number of hydrogen-bond acceptors (Lipinski definition) is 9. The standard InChI is InChI=1S/C29H38FN7OS/c1-18(2)39-26-16-19(30)6-8-24(26)32-28-22-10-13-31-27(22)34-29(35-28)33-23-9-7-21(17-25(23)38-5)37-14-11-20(12-15-37)36(3)4/h6-9,16-18,20H,10-15H2,1-5H3,(H3,31,32,33,34,35). The predicted molar refractivity (Wildman–Crippen MR) is 160 cm³/mol. The van der Waals surface area contributed by atoms with Gasteiger partial charge < -0.3 is 30.5 Å². The SMILES string of the molecule is COc1cc(N2CCC(N(C)C)CC2)ccc1Nc1nc2c(c(Nc3ccc(F)cc3SC(C)C)n1)CCN2. The fourth-order valence-corrected chi connectivity index (χ4v) is 6.09. The van der Waals surface area contributed by atoms with Gasteiger partial charge in [-0.25, -0.2) is 4.39 Å². The van der Waals surface area contributed by atoms with E-state index in [9.17, 15) is 4.39 Å². The molecule has 2 aromatic carbocycles. The van der Waals surface area contributed by atoms with Crippen LogP contribution in [0.5, 0.6) is 5.75 Å². The van der Waals surface area contributed by atoms with Crippen LogP contribution < -0.4 is 25.6 Å². The lowest BCUT2D eigenvalue weighted by molar-refractivity contribution is 0.249. The summed E-state index contributed by atoms with van der Waals surface area (Å²) in [4.78, 5) is 15.2. The number of aromatic nitrogens is 2. The van der Waals surface area contributed by atoms with Crippen molar-refractivity contribution in [2.75, 3.05) is 61.7 Å². The summed E-state index contributed by atoms with van der Waals surface area (Å²) in [7, 11) is 6.00. The molecule has 39 heavy (non-hydrogen) atoms. The molecule has 3 heterocycles. The number of halogens is 1. The number of fused-ring (bicyclic) bond motifs is 1. The molecule has 2 aliphatic rings. The number of rotatable bonds is 9. The van der Waals surface area contributed by atoms with Gasteiger partial charge in [0.25, 0.3) is 0 Å². The summed E-state index contributed by atoms with van der Waals surface area (Å²) in [5.41, 5.74) is 3.80. The first-order valence-corrected chi connectivity index (χ1v) is 14.4. The highest BCUT2D eigenvalue weighted by Gasteiger charge is 2.23. The van der Waals surface area contributed by atoms with Crippen LogP contribution in [0.2, 0.25) is 0 Å². The van der Waals surface area contributed by atoms with E-state index in [0.717, 1.165) is 78.0 Å². The Morgan fingerprint density at radius 2 is 1.85 bits per heavy atom. The van der Waals surface area contributed by atoms with E-state index in [1.54, 1.807) is 31.0 Å². The average Bonchev–Trinajstić information content (AvgIpc) is 3.39. The number of methoxy groups -OCH3 is 1. The van der Waals surface area contributed by atoms with Crippen molar-refractivity contribution in [3.05, 3.63) is 47.8 Å². The van der Waals surface area contributed by atoms with E-state index >= 15 is 0 Å². The molecule has 0 unspecified atom stereocenters.